The maximum atomic E-state index is 11.8. The van der Waals surface area contributed by atoms with Gasteiger partial charge in [0.2, 0.25) is 0 Å². The van der Waals surface area contributed by atoms with Crippen molar-refractivity contribution in [1.29, 1.82) is 0 Å². The highest BCUT2D eigenvalue weighted by molar-refractivity contribution is 5.85. The van der Waals surface area contributed by atoms with Crippen molar-refractivity contribution >= 4 is 12.4 Å². The van der Waals surface area contributed by atoms with Crippen LogP contribution in [0.4, 0.5) is 0 Å². The molecule has 126 valence electrons. The lowest BCUT2D eigenvalue weighted by Crippen LogP contribution is -2.46. The van der Waals surface area contributed by atoms with Gasteiger partial charge in [-0.3, -0.25) is 0 Å². The molecule has 3 aliphatic carbocycles. The molecule has 0 saturated heterocycles. The summed E-state index contributed by atoms with van der Waals surface area (Å²) in [5, 5.41) is 11.8. The summed E-state index contributed by atoms with van der Waals surface area (Å²) in [6.45, 7) is 0.938. The summed E-state index contributed by atoms with van der Waals surface area (Å²) in [6.07, 6.45) is 0.852. The molecule has 0 heterocycles. The average Bonchev–Trinajstić information content (AvgIpc) is 3.32. The second-order valence-electron chi connectivity index (χ2n) is 7.81. The minimum atomic E-state index is -0.595. The van der Waals surface area contributed by atoms with E-state index in [1.807, 2.05) is 0 Å². The SMILES string of the molecule is CN(C)CCC1(O)C2c3ccccc3C3C(c4ccccc42)C31.Cl. The van der Waals surface area contributed by atoms with E-state index in [1.54, 1.807) is 0 Å². The molecular formula is C21H24ClNO. The Balaban J connectivity index is 0.00000146. The average molecular weight is 342 g/mol. The third kappa shape index (κ3) is 1.91. The second kappa shape index (κ2) is 5.32. The number of hydrogen-bond donors (Lipinski definition) is 1. The molecule has 0 aromatic heterocycles. The van der Waals surface area contributed by atoms with Gasteiger partial charge in [-0.15, -0.1) is 12.4 Å². The molecule has 0 radical (unpaired) electrons. The monoisotopic (exact) mass is 341 g/mol. The molecule has 3 atom stereocenters. The summed E-state index contributed by atoms with van der Waals surface area (Å²) >= 11 is 0. The van der Waals surface area contributed by atoms with Crippen molar-refractivity contribution < 1.29 is 5.11 Å². The zero-order chi connectivity index (χ0) is 15.8. The smallest absolute Gasteiger partial charge is 0.0808 e. The molecule has 5 rings (SSSR count). The van der Waals surface area contributed by atoms with Crippen molar-refractivity contribution in [3.8, 4) is 0 Å². The van der Waals surface area contributed by atoms with Crippen molar-refractivity contribution in [2.45, 2.75) is 29.8 Å². The maximum Gasteiger partial charge on any atom is 0.0808 e. The van der Waals surface area contributed by atoms with Crippen molar-refractivity contribution in [3.05, 3.63) is 70.8 Å². The van der Waals surface area contributed by atoms with Crippen LogP contribution in [-0.2, 0) is 0 Å². The summed E-state index contributed by atoms with van der Waals surface area (Å²) in [7, 11) is 4.19. The number of rotatable bonds is 3. The van der Waals surface area contributed by atoms with E-state index < -0.39 is 5.60 Å². The van der Waals surface area contributed by atoms with E-state index >= 15 is 0 Å². The second-order valence-corrected chi connectivity index (χ2v) is 7.81. The topological polar surface area (TPSA) is 23.5 Å². The van der Waals surface area contributed by atoms with Gasteiger partial charge in [0.05, 0.1) is 5.60 Å². The van der Waals surface area contributed by atoms with Crippen LogP contribution in [0.5, 0.6) is 0 Å². The standard InChI is InChI=1S/C21H23NO.ClH/c1-22(2)12-11-21(23)19-15-9-5-3-7-13(15)17-18(20(17)21)14-8-4-6-10-16(14)19;/h3-10,17-20,23H,11-12H2,1-2H3;1H. The van der Waals surface area contributed by atoms with Gasteiger partial charge in [0, 0.05) is 18.4 Å². The van der Waals surface area contributed by atoms with Crippen LogP contribution < -0.4 is 0 Å². The molecule has 3 heteroatoms. The lowest BCUT2D eigenvalue weighted by Gasteiger charge is -2.44. The largest absolute Gasteiger partial charge is 0.389 e. The number of fused-ring (bicyclic) bond motifs is 8. The van der Waals surface area contributed by atoms with E-state index in [4.69, 9.17) is 0 Å². The predicted octanol–water partition coefficient (Wildman–Crippen LogP) is 3.75. The Labute approximate surface area is 149 Å². The number of nitrogens with zero attached hydrogens (tertiary/aromatic N) is 1. The molecule has 1 N–H and O–H groups in total. The van der Waals surface area contributed by atoms with Crippen LogP contribution in [0.3, 0.4) is 0 Å². The lowest BCUT2D eigenvalue weighted by atomic mass is 9.64. The first-order valence-electron chi connectivity index (χ1n) is 8.67. The summed E-state index contributed by atoms with van der Waals surface area (Å²) in [6, 6.07) is 17.6. The van der Waals surface area contributed by atoms with Crippen LogP contribution in [0, 0.1) is 5.92 Å². The van der Waals surface area contributed by atoms with E-state index in [0.29, 0.717) is 17.8 Å². The van der Waals surface area contributed by atoms with Crippen LogP contribution in [0.1, 0.15) is 46.4 Å². The first kappa shape index (κ1) is 16.1. The van der Waals surface area contributed by atoms with Crippen molar-refractivity contribution in [1.82, 2.24) is 4.90 Å². The molecule has 3 unspecified atom stereocenters. The molecule has 2 bridgehead atoms. The third-order valence-electron chi connectivity index (χ3n) is 6.39. The van der Waals surface area contributed by atoms with Gasteiger partial charge < -0.3 is 10.0 Å². The fraction of sp³-hybridized carbons (Fsp3) is 0.429. The van der Waals surface area contributed by atoms with Gasteiger partial charge >= 0.3 is 0 Å². The fourth-order valence-electron chi connectivity index (χ4n) is 5.47. The Hall–Kier alpha value is -1.35. The summed E-state index contributed by atoms with van der Waals surface area (Å²) in [5.74, 6) is 1.56. The van der Waals surface area contributed by atoms with Crippen LogP contribution in [0.2, 0.25) is 0 Å². The number of benzene rings is 2. The Morgan fingerprint density at radius 1 is 0.875 bits per heavy atom. The fourth-order valence-corrected chi connectivity index (χ4v) is 5.47. The highest BCUT2D eigenvalue weighted by atomic mass is 35.5. The molecule has 2 aromatic rings. The van der Waals surface area contributed by atoms with E-state index in [1.165, 1.54) is 22.3 Å². The minimum Gasteiger partial charge on any atom is -0.389 e. The van der Waals surface area contributed by atoms with Gasteiger partial charge in [0.25, 0.3) is 0 Å². The molecule has 3 aliphatic rings. The van der Waals surface area contributed by atoms with E-state index in [2.05, 4.69) is 67.5 Å². The van der Waals surface area contributed by atoms with Gasteiger partial charge in [-0.25, -0.2) is 0 Å². The van der Waals surface area contributed by atoms with Gasteiger partial charge in [-0.1, -0.05) is 48.5 Å². The lowest BCUT2D eigenvalue weighted by molar-refractivity contribution is -0.0234. The van der Waals surface area contributed by atoms with Crippen molar-refractivity contribution in [2.24, 2.45) is 5.92 Å². The molecule has 24 heavy (non-hydrogen) atoms. The minimum absolute atomic E-state index is 0. The van der Waals surface area contributed by atoms with E-state index in [-0.39, 0.29) is 18.3 Å². The Morgan fingerprint density at radius 2 is 1.33 bits per heavy atom. The van der Waals surface area contributed by atoms with Gasteiger partial charge in [-0.05, 0) is 54.6 Å². The molecule has 2 nitrogen and oxygen atoms in total. The van der Waals surface area contributed by atoms with Gasteiger partial charge in [0.1, 0.15) is 0 Å². The predicted molar refractivity (Wildman–Crippen MR) is 99.1 cm³/mol. The zero-order valence-corrected chi connectivity index (χ0v) is 15.0. The highest BCUT2D eigenvalue weighted by Crippen LogP contribution is 2.76. The summed E-state index contributed by atoms with van der Waals surface area (Å²) in [4.78, 5) is 2.19. The Bertz CT molecular complexity index is 735. The summed E-state index contributed by atoms with van der Waals surface area (Å²) in [5.41, 5.74) is 5.10. The van der Waals surface area contributed by atoms with Crippen LogP contribution in [0.25, 0.3) is 0 Å². The molecule has 1 saturated carbocycles. The molecule has 0 amide bonds. The first-order valence-corrected chi connectivity index (χ1v) is 8.67. The molecule has 1 fully saturated rings. The normalized spacial score (nSPS) is 34.2. The molecule has 2 aromatic carbocycles. The van der Waals surface area contributed by atoms with E-state index in [9.17, 15) is 5.11 Å². The van der Waals surface area contributed by atoms with Crippen LogP contribution in [0.15, 0.2) is 48.5 Å². The number of aliphatic hydroxyl groups is 1. The van der Waals surface area contributed by atoms with Crippen LogP contribution in [-0.4, -0.2) is 36.2 Å². The first-order chi connectivity index (χ1) is 11.1. The maximum absolute atomic E-state index is 11.8. The number of halogens is 1. The van der Waals surface area contributed by atoms with Gasteiger partial charge in [-0.2, -0.15) is 0 Å². The summed E-state index contributed by atoms with van der Waals surface area (Å²) < 4.78 is 0. The van der Waals surface area contributed by atoms with Crippen molar-refractivity contribution in [2.75, 3.05) is 20.6 Å². The van der Waals surface area contributed by atoms with Gasteiger partial charge in [0.15, 0.2) is 0 Å². The Kier molecular flexibility index (Phi) is 3.58. The van der Waals surface area contributed by atoms with Crippen LogP contribution >= 0.6 is 12.4 Å². The van der Waals surface area contributed by atoms with Crippen molar-refractivity contribution in [3.63, 3.8) is 0 Å². The third-order valence-corrected chi connectivity index (χ3v) is 6.39. The zero-order valence-electron chi connectivity index (χ0n) is 14.1. The number of hydrogen-bond acceptors (Lipinski definition) is 2. The van der Waals surface area contributed by atoms with E-state index in [0.717, 1.165) is 13.0 Å². The molecular weight excluding hydrogens is 318 g/mol. The quantitative estimate of drug-likeness (QED) is 0.919. The molecule has 0 spiro atoms. The Morgan fingerprint density at radius 3 is 1.79 bits per heavy atom. The highest BCUT2D eigenvalue weighted by Gasteiger charge is 2.70. The molecule has 0 aliphatic heterocycles.